The molecular weight excluding hydrogens is 506 g/mol. The Labute approximate surface area is 285 Å². The van der Waals surface area contributed by atoms with Crippen LogP contribution in [-0.4, -0.2) is 149 Å². The van der Waals surface area contributed by atoms with Crippen LogP contribution in [0.5, 0.6) is 0 Å². The minimum absolute atomic E-state index is 0.00415. The molecule has 0 nitrogen and oxygen atoms in total. The highest BCUT2D eigenvalue weighted by Gasteiger charge is 2.46. The molecule has 4 aromatic rings. The first-order valence-corrected chi connectivity index (χ1v) is 12.6. The van der Waals surface area contributed by atoms with Gasteiger partial charge in [0.2, 0.25) is 0 Å². The second kappa shape index (κ2) is 12.0. The summed E-state index contributed by atoms with van der Waals surface area (Å²) in [6.07, 6.45) is 0. The average molecular weight is 507 g/mol. The first kappa shape index (κ1) is 35.0. The SMILES string of the molecule is [B]c1cc([B])c(C(c2c([B])c([B])c([B])c([B])c2[B])(c2c([B])c([B])c([B])c([B])c2[B])c2c([B])c([B])c([B])c([B])c2[B])c([B])c1[B]. The lowest BCUT2D eigenvalue weighted by Gasteiger charge is -2.49. The molecule has 19 heteroatoms. The molecule has 0 N–H and O–H groups in total. The fourth-order valence-electron chi connectivity index (χ4n) is 5.69. The minimum atomic E-state index is -2.28. The van der Waals surface area contributed by atoms with Crippen LogP contribution in [0.15, 0.2) is 6.07 Å². The van der Waals surface area contributed by atoms with E-state index in [0.29, 0.717) is 0 Å². The van der Waals surface area contributed by atoms with Crippen LogP contribution in [0, 0.1) is 0 Å². The lowest BCUT2D eigenvalue weighted by atomic mass is 9.43. The van der Waals surface area contributed by atoms with Gasteiger partial charge in [0.15, 0.2) is 0 Å². The smallest absolute Gasteiger partial charge is 0.112 e. The van der Waals surface area contributed by atoms with Crippen molar-refractivity contribution in [2.24, 2.45) is 0 Å². The number of rotatable bonds is 4. The Kier molecular flexibility index (Phi) is 9.57. The van der Waals surface area contributed by atoms with Crippen molar-refractivity contribution in [2.75, 3.05) is 0 Å². The van der Waals surface area contributed by atoms with Crippen molar-refractivity contribution in [1.82, 2.24) is 0 Å². The molecule has 0 heterocycles. The second-order valence-corrected chi connectivity index (χ2v) is 10.3. The van der Waals surface area contributed by atoms with E-state index in [1.54, 1.807) is 0 Å². The van der Waals surface area contributed by atoms with Crippen molar-refractivity contribution >= 4 is 253 Å². The van der Waals surface area contributed by atoms with Crippen molar-refractivity contribution in [2.45, 2.75) is 5.41 Å². The van der Waals surface area contributed by atoms with Crippen LogP contribution in [0.25, 0.3) is 0 Å². The van der Waals surface area contributed by atoms with Crippen molar-refractivity contribution in [3.8, 4) is 0 Å². The Morgan fingerprint density at radius 1 is 0.227 bits per heavy atom. The van der Waals surface area contributed by atoms with Crippen LogP contribution < -0.4 is 104 Å². The van der Waals surface area contributed by atoms with Crippen LogP contribution >= 0.6 is 0 Å². The van der Waals surface area contributed by atoms with Gasteiger partial charge in [-0.1, -0.05) is 17.0 Å². The number of hydrogen-bond acceptors (Lipinski definition) is 0. The number of hydrogen-bond donors (Lipinski definition) is 0. The van der Waals surface area contributed by atoms with Gasteiger partial charge in [0.05, 0.1) is 5.41 Å². The first-order chi connectivity index (χ1) is 20.3. The standard InChI is InChI=1S/C25HB19/c26-2-1-3(27)8(28)9(29)4(2)25(5-10(30)16(36)22(42)17(37)11(5)31,6-12(32)18(38)23(43)19(39)13(6)33)7-14(34)20(40)24(44)21(41)15(7)35/h1H. The van der Waals surface area contributed by atoms with Gasteiger partial charge in [-0.25, -0.2) is 0 Å². The zero-order valence-corrected chi connectivity index (χ0v) is 23.5. The van der Waals surface area contributed by atoms with Crippen molar-refractivity contribution in [1.29, 1.82) is 0 Å². The van der Waals surface area contributed by atoms with Crippen molar-refractivity contribution < 1.29 is 0 Å². The maximum Gasteiger partial charge on any atom is 0.114 e. The van der Waals surface area contributed by atoms with E-state index in [9.17, 15) is 0 Å². The molecule has 4 rings (SSSR count). The lowest BCUT2D eigenvalue weighted by Crippen LogP contribution is -2.69. The second-order valence-electron chi connectivity index (χ2n) is 10.3. The van der Waals surface area contributed by atoms with Crippen LogP contribution in [0.2, 0.25) is 0 Å². The number of benzene rings is 4. The summed E-state index contributed by atoms with van der Waals surface area (Å²) in [5.74, 6) is 0. The van der Waals surface area contributed by atoms with E-state index in [1.807, 2.05) is 0 Å². The highest BCUT2D eigenvalue weighted by Crippen LogP contribution is 2.38. The quantitative estimate of drug-likeness (QED) is 0.191. The lowest BCUT2D eigenvalue weighted by molar-refractivity contribution is 0.792. The molecule has 0 saturated carbocycles. The molecule has 0 unspecified atom stereocenters. The zero-order valence-electron chi connectivity index (χ0n) is 23.5. The topological polar surface area (TPSA) is 0 Å². The van der Waals surface area contributed by atoms with E-state index in [1.165, 1.54) is 6.07 Å². The largest absolute Gasteiger partial charge is 0.114 e. The monoisotopic (exact) mass is 510 g/mol. The predicted octanol–water partition coefficient (Wildman–Crippen LogP) is -16.8. The first-order valence-electron chi connectivity index (χ1n) is 12.6. The molecule has 158 valence electrons. The van der Waals surface area contributed by atoms with Crippen LogP contribution in [0.1, 0.15) is 22.3 Å². The van der Waals surface area contributed by atoms with Crippen LogP contribution in [0.3, 0.4) is 0 Å². The molecule has 0 spiro atoms. The van der Waals surface area contributed by atoms with Gasteiger partial charge in [0.1, 0.15) is 149 Å². The normalized spacial score (nSPS) is 11.5. The summed E-state index contributed by atoms with van der Waals surface area (Å²) in [5.41, 5.74) is -6.66. The third kappa shape index (κ3) is 4.71. The van der Waals surface area contributed by atoms with Gasteiger partial charge in [-0.3, -0.25) is 0 Å². The van der Waals surface area contributed by atoms with Gasteiger partial charge in [-0.15, -0.1) is 92.9 Å². The molecule has 0 fully saturated rings. The molecule has 4 aromatic carbocycles. The summed E-state index contributed by atoms with van der Waals surface area (Å²) in [5, 5.41) is 0. The molecule has 38 radical (unpaired) electrons. The maximum absolute atomic E-state index is 6.72. The third-order valence-electron chi connectivity index (χ3n) is 8.07. The summed E-state index contributed by atoms with van der Waals surface area (Å²) in [6, 6.07) is 1.30. The summed E-state index contributed by atoms with van der Waals surface area (Å²) < 4.78 is 0. The van der Waals surface area contributed by atoms with Crippen molar-refractivity contribution in [3.05, 3.63) is 28.3 Å². The molecule has 0 atom stereocenters. The molecule has 0 aliphatic heterocycles. The summed E-state index contributed by atoms with van der Waals surface area (Å²) >= 11 is 0. The molecule has 0 bridgehead atoms. The summed E-state index contributed by atoms with van der Waals surface area (Å²) in [6.45, 7) is 0. The maximum atomic E-state index is 6.72. The molecule has 44 heavy (non-hydrogen) atoms. The van der Waals surface area contributed by atoms with Crippen LogP contribution in [-0.2, 0) is 5.41 Å². The zero-order chi connectivity index (χ0) is 33.5. The Hall–Kier alpha value is -1.89. The van der Waals surface area contributed by atoms with Crippen LogP contribution in [0.4, 0.5) is 0 Å². The molecule has 0 saturated heterocycles. The van der Waals surface area contributed by atoms with Crippen molar-refractivity contribution in [3.63, 3.8) is 0 Å². The van der Waals surface area contributed by atoms with E-state index < -0.39 is 5.41 Å². The fraction of sp³-hybridized carbons (Fsp3) is 0.0400. The van der Waals surface area contributed by atoms with E-state index in [4.69, 9.17) is 149 Å². The van der Waals surface area contributed by atoms with E-state index in [-0.39, 0.29) is 126 Å². The molecule has 0 amide bonds. The highest BCUT2D eigenvalue weighted by molar-refractivity contribution is 6.71. The average Bonchev–Trinajstić information content (AvgIpc) is 2.97. The van der Waals surface area contributed by atoms with Gasteiger partial charge in [0, 0.05) is 0 Å². The van der Waals surface area contributed by atoms with Gasteiger partial charge in [0.25, 0.3) is 0 Å². The molecule has 0 aliphatic carbocycles. The Morgan fingerprint density at radius 2 is 0.432 bits per heavy atom. The summed E-state index contributed by atoms with van der Waals surface area (Å²) in [4.78, 5) is 0. The van der Waals surface area contributed by atoms with E-state index in [2.05, 4.69) is 0 Å². The molecular formula is C25HB19. The Bertz CT molecular complexity index is 1660. The predicted molar refractivity (Wildman–Crippen MR) is 207 cm³/mol. The van der Waals surface area contributed by atoms with E-state index in [0.717, 1.165) is 0 Å². The minimum Gasteiger partial charge on any atom is -0.112 e. The van der Waals surface area contributed by atoms with E-state index >= 15 is 0 Å². The highest BCUT2D eigenvalue weighted by atomic mass is 14.5. The molecule has 0 aliphatic rings. The summed E-state index contributed by atoms with van der Waals surface area (Å²) in [7, 11) is 123. The third-order valence-corrected chi connectivity index (χ3v) is 8.07. The molecule has 0 aromatic heterocycles. The Balaban J connectivity index is 2.66. The fourth-order valence-corrected chi connectivity index (χ4v) is 5.69. The van der Waals surface area contributed by atoms with Gasteiger partial charge >= 0.3 is 0 Å². The van der Waals surface area contributed by atoms with Gasteiger partial charge in [-0.05, 0) is 22.3 Å². The van der Waals surface area contributed by atoms with Gasteiger partial charge in [-0.2, -0.15) is 0 Å². The van der Waals surface area contributed by atoms with Gasteiger partial charge < -0.3 is 0 Å². The Morgan fingerprint density at radius 3 is 0.682 bits per heavy atom.